The first-order chi connectivity index (χ1) is 13.0. The van der Waals surface area contributed by atoms with Crippen molar-refractivity contribution in [1.82, 2.24) is 15.5 Å². The Labute approximate surface area is 158 Å². The number of carbonyl (C=O) groups is 1. The molecule has 6 nitrogen and oxygen atoms in total. The van der Waals surface area contributed by atoms with E-state index in [2.05, 4.69) is 15.6 Å². The molecule has 1 amide bonds. The molecule has 2 atom stereocenters. The Morgan fingerprint density at radius 2 is 1.93 bits per heavy atom. The monoisotopic (exact) mass is 380 g/mol. The summed E-state index contributed by atoms with van der Waals surface area (Å²) < 4.78 is 32.6. The van der Waals surface area contributed by atoms with Crippen LogP contribution in [0.5, 0.6) is 0 Å². The molecule has 0 aromatic heterocycles. The number of ether oxygens (including phenoxy) is 1. The van der Waals surface area contributed by atoms with Gasteiger partial charge < -0.3 is 20.3 Å². The molecule has 1 saturated carbocycles. The highest BCUT2D eigenvalue weighted by Gasteiger charge is 2.42. The Morgan fingerprint density at radius 1 is 1.26 bits per heavy atom. The van der Waals surface area contributed by atoms with Crippen LogP contribution in [0, 0.1) is 11.6 Å². The molecule has 2 N–H and O–H groups in total. The van der Waals surface area contributed by atoms with Gasteiger partial charge in [-0.2, -0.15) is 0 Å². The second kappa shape index (κ2) is 8.54. The van der Waals surface area contributed by atoms with Crippen molar-refractivity contribution < 1.29 is 18.3 Å². The van der Waals surface area contributed by atoms with E-state index < -0.39 is 11.6 Å². The van der Waals surface area contributed by atoms with Gasteiger partial charge in [0.1, 0.15) is 11.6 Å². The summed E-state index contributed by atoms with van der Waals surface area (Å²) in [5.41, 5.74) is 0.150. The van der Waals surface area contributed by atoms with E-state index in [-0.39, 0.29) is 29.7 Å². The molecule has 2 aliphatic rings. The van der Waals surface area contributed by atoms with Crippen LogP contribution in [0.1, 0.15) is 37.7 Å². The largest absolute Gasteiger partial charge is 0.453 e. The fraction of sp³-hybridized carbons (Fsp3) is 0.579. The molecule has 0 spiro atoms. The van der Waals surface area contributed by atoms with Crippen molar-refractivity contribution in [3.8, 4) is 0 Å². The van der Waals surface area contributed by atoms with Gasteiger partial charge in [0.25, 0.3) is 0 Å². The Kier molecular flexibility index (Phi) is 6.13. The number of benzene rings is 1. The van der Waals surface area contributed by atoms with Crippen molar-refractivity contribution in [2.24, 2.45) is 4.99 Å². The number of methoxy groups -OCH3 is 1. The number of hydrogen-bond donors (Lipinski definition) is 2. The Hall–Kier alpha value is -2.38. The summed E-state index contributed by atoms with van der Waals surface area (Å²) in [6.45, 7) is 3.78. The molecule has 2 unspecified atom stereocenters. The number of carbonyl (C=O) groups excluding carboxylic acids is 1. The third-order valence-electron chi connectivity index (χ3n) is 5.07. The first-order valence-electron chi connectivity index (χ1n) is 9.37. The van der Waals surface area contributed by atoms with E-state index in [1.807, 2.05) is 6.92 Å². The van der Waals surface area contributed by atoms with Crippen LogP contribution in [0.4, 0.5) is 13.6 Å². The first-order valence-corrected chi connectivity index (χ1v) is 9.37. The zero-order chi connectivity index (χ0) is 19.4. The van der Waals surface area contributed by atoms with E-state index in [0.717, 1.165) is 12.8 Å². The Morgan fingerprint density at radius 3 is 2.52 bits per heavy atom. The highest BCUT2D eigenvalue weighted by atomic mass is 19.1. The molecular formula is C19H26F2N4O2. The number of rotatable bonds is 4. The summed E-state index contributed by atoms with van der Waals surface area (Å²) in [6.07, 6.45) is 1.94. The number of piperidine rings is 1. The van der Waals surface area contributed by atoms with Gasteiger partial charge in [0.05, 0.1) is 7.11 Å². The van der Waals surface area contributed by atoms with Crippen molar-refractivity contribution in [3.63, 3.8) is 0 Å². The van der Waals surface area contributed by atoms with E-state index >= 15 is 0 Å². The second-order valence-electron chi connectivity index (χ2n) is 6.93. The molecule has 0 bridgehead atoms. The smallest absolute Gasteiger partial charge is 0.409 e. The Bertz CT molecular complexity index is 685. The quantitative estimate of drug-likeness (QED) is 0.623. The van der Waals surface area contributed by atoms with Gasteiger partial charge in [-0.1, -0.05) is 6.07 Å². The van der Waals surface area contributed by atoms with Crippen LogP contribution in [0.15, 0.2) is 23.2 Å². The average Bonchev–Trinajstić information content (AvgIpc) is 3.40. The predicted molar refractivity (Wildman–Crippen MR) is 98.8 cm³/mol. The summed E-state index contributed by atoms with van der Waals surface area (Å²) in [6, 6.07) is 4.12. The van der Waals surface area contributed by atoms with E-state index in [0.29, 0.717) is 32.0 Å². The van der Waals surface area contributed by atoms with Crippen LogP contribution in [0.3, 0.4) is 0 Å². The summed E-state index contributed by atoms with van der Waals surface area (Å²) in [5, 5.41) is 6.67. The highest BCUT2D eigenvalue weighted by Crippen LogP contribution is 2.43. The highest BCUT2D eigenvalue weighted by molar-refractivity contribution is 5.81. The molecule has 3 rings (SSSR count). The number of nitrogens with zero attached hydrogens (tertiary/aromatic N) is 2. The third kappa shape index (κ3) is 4.67. The molecule has 1 aliphatic heterocycles. The standard InChI is InChI=1S/C19H26F2N4O2/c1-3-22-18(23-12-7-9-25(10-8-12)19(26)27-2)24-16-11-13(16)17-14(20)5-4-6-15(17)21/h4-6,12-13,16H,3,7-11H2,1-2H3,(H2,22,23,24). The zero-order valence-corrected chi connectivity index (χ0v) is 15.7. The van der Waals surface area contributed by atoms with Crippen molar-refractivity contribution >= 4 is 12.1 Å². The molecule has 1 aromatic rings. The van der Waals surface area contributed by atoms with Crippen molar-refractivity contribution in [3.05, 3.63) is 35.4 Å². The SMILES string of the molecule is CCN=C(NC1CCN(C(=O)OC)CC1)NC1CC1c1c(F)cccc1F. The summed E-state index contributed by atoms with van der Waals surface area (Å²) >= 11 is 0. The molecular weight excluding hydrogens is 354 g/mol. The van der Waals surface area contributed by atoms with Crippen LogP contribution < -0.4 is 10.6 Å². The van der Waals surface area contributed by atoms with Gasteiger partial charge in [0.15, 0.2) is 5.96 Å². The summed E-state index contributed by atoms with van der Waals surface area (Å²) in [4.78, 5) is 17.7. The topological polar surface area (TPSA) is 66.0 Å². The molecule has 27 heavy (non-hydrogen) atoms. The summed E-state index contributed by atoms with van der Waals surface area (Å²) in [5.74, 6) is -0.530. The van der Waals surface area contributed by atoms with Gasteiger partial charge in [0, 0.05) is 43.2 Å². The molecule has 1 saturated heterocycles. The third-order valence-corrected chi connectivity index (χ3v) is 5.07. The van der Waals surface area contributed by atoms with Crippen LogP contribution in [-0.4, -0.2) is 55.8 Å². The minimum absolute atomic E-state index is 0.0376. The number of likely N-dealkylation sites (tertiary alicyclic amines) is 1. The number of halogens is 2. The van der Waals surface area contributed by atoms with E-state index in [4.69, 9.17) is 4.74 Å². The second-order valence-corrected chi connectivity index (χ2v) is 6.93. The normalized spacial score (nSPS) is 23.1. The van der Waals surface area contributed by atoms with Crippen LogP contribution in [-0.2, 0) is 4.74 Å². The van der Waals surface area contributed by atoms with Crippen LogP contribution >= 0.6 is 0 Å². The molecule has 2 fully saturated rings. The average molecular weight is 380 g/mol. The van der Waals surface area contributed by atoms with E-state index in [1.54, 1.807) is 4.90 Å². The first kappa shape index (κ1) is 19.4. The van der Waals surface area contributed by atoms with Gasteiger partial charge in [-0.25, -0.2) is 13.6 Å². The fourth-order valence-corrected chi connectivity index (χ4v) is 3.53. The van der Waals surface area contributed by atoms with Crippen molar-refractivity contribution in [2.45, 2.75) is 44.2 Å². The minimum Gasteiger partial charge on any atom is -0.453 e. The summed E-state index contributed by atoms with van der Waals surface area (Å²) in [7, 11) is 1.38. The van der Waals surface area contributed by atoms with Crippen molar-refractivity contribution in [1.29, 1.82) is 0 Å². The lowest BCUT2D eigenvalue weighted by atomic mass is 10.1. The maximum atomic E-state index is 13.9. The lowest BCUT2D eigenvalue weighted by Crippen LogP contribution is -2.50. The number of nitrogens with one attached hydrogen (secondary N) is 2. The van der Waals surface area contributed by atoms with Gasteiger partial charge in [-0.15, -0.1) is 0 Å². The molecule has 8 heteroatoms. The van der Waals surface area contributed by atoms with Gasteiger partial charge in [-0.3, -0.25) is 4.99 Å². The zero-order valence-electron chi connectivity index (χ0n) is 15.7. The van der Waals surface area contributed by atoms with Gasteiger partial charge in [0.2, 0.25) is 0 Å². The fourth-order valence-electron chi connectivity index (χ4n) is 3.53. The van der Waals surface area contributed by atoms with Crippen molar-refractivity contribution in [2.75, 3.05) is 26.7 Å². The van der Waals surface area contributed by atoms with E-state index in [1.165, 1.54) is 25.3 Å². The molecule has 0 radical (unpaired) electrons. The van der Waals surface area contributed by atoms with Gasteiger partial charge >= 0.3 is 6.09 Å². The lowest BCUT2D eigenvalue weighted by molar-refractivity contribution is 0.111. The van der Waals surface area contributed by atoms with Gasteiger partial charge in [-0.05, 0) is 38.3 Å². The lowest BCUT2D eigenvalue weighted by Gasteiger charge is -2.32. The number of hydrogen-bond acceptors (Lipinski definition) is 3. The van der Waals surface area contributed by atoms with Crippen LogP contribution in [0.2, 0.25) is 0 Å². The minimum atomic E-state index is -0.499. The van der Waals surface area contributed by atoms with E-state index in [9.17, 15) is 13.6 Å². The number of aliphatic imine (C=N–C) groups is 1. The Balaban J connectivity index is 1.54. The molecule has 1 aromatic carbocycles. The maximum absolute atomic E-state index is 13.9. The molecule has 1 heterocycles. The molecule has 1 aliphatic carbocycles. The number of guanidine groups is 1. The van der Waals surface area contributed by atoms with Crippen LogP contribution in [0.25, 0.3) is 0 Å². The maximum Gasteiger partial charge on any atom is 0.409 e. The predicted octanol–water partition coefficient (Wildman–Crippen LogP) is 2.61. The molecule has 148 valence electrons. The number of amides is 1.